The summed E-state index contributed by atoms with van der Waals surface area (Å²) in [7, 11) is 1.80. The molecule has 9 nitrogen and oxygen atoms in total. The van der Waals surface area contributed by atoms with E-state index in [1.165, 1.54) is 0 Å². The van der Waals surface area contributed by atoms with Crippen molar-refractivity contribution in [3.63, 3.8) is 0 Å². The second-order valence-corrected chi connectivity index (χ2v) is 8.12. The quantitative estimate of drug-likeness (QED) is 0.521. The monoisotopic (exact) mass is 454 g/mol. The van der Waals surface area contributed by atoms with Crippen LogP contribution < -0.4 is 10.6 Å². The van der Waals surface area contributed by atoms with Crippen LogP contribution in [-0.4, -0.2) is 70.6 Å². The van der Waals surface area contributed by atoms with Crippen molar-refractivity contribution >= 4 is 28.7 Å². The van der Waals surface area contributed by atoms with Gasteiger partial charge in [-0.1, -0.05) is 6.07 Å². The Morgan fingerprint density at radius 3 is 2.64 bits per heavy atom. The zero-order valence-electron chi connectivity index (χ0n) is 18.5. The number of hydrogen-bond acceptors (Lipinski definition) is 6. The van der Waals surface area contributed by atoms with Gasteiger partial charge in [0.1, 0.15) is 6.61 Å². The van der Waals surface area contributed by atoms with Gasteiger partial charge in [0, 0.05) is 50.0 Å². The van der Waals surface area contributed by atoms with Gasteiger partial charge in [0.25, 0.3) is 0 Å². The maximum Gasteiger partial charge on any atom is 0.248 e. The van der Waals surface area contributed by atoms with Gasteiger partial charge in [-0.3, -0.25) is 9.59 Å². The van der Waals surface area contributed by atoms with Gasteiger partial charge in [-0.15, -0.1) is 0 Å². The minimum absolute atomic E-state index is 0.00350. The fourth-order valence-corrected chi connectivity index (χ4v) is 4.08. The van der Waals surface area contributed by atoms with E-state index in [4.69, 9.17) is 10.5 Å². The summed E-state index contributed by atoms with van der Waals surface area (Å²) in [5, 5.41) is 1.01. The summed E-state index contributed by atoms with van der Waals surface area (Å²) in [6.45, 7) is 2.32. The van der Waals surface area contributed by atoms with E-state index in [1.54, 1.807) is 24.1 Å². The van der Waals surface area contributed by atoms with Gasteiger partial charge in [0.05, 0.1) is 19.0 Å². The molecule has 174 valence electrons. The highest BCUT2D eigenvalue weighted by Gasteiger charge is 2.26. The fourth-order valence-electron chi connectivity index (χ4n) is 4.08. The van der Waals surface area contributed by atoms with Crippen molar-refractivity contribution in [3.05, 3.63) is 54.2 Å². The highest BCUT2D eigenvalue weighted by Crippen LogP contribution is 2.20. The second-order valence-electron chi connectivity index (χ2n) is 8.12. The fraction of sp³-hybridized carbons (Fsp3) is 0.391. The van der Waals surface area contributed by atoms with Crippen molar-refractivity contribution in [1.29, 1.82) is 0 Å². The maximum atomic E-state index is 13.0. The molecule has 0 radical (unpaired) electrons. The minimum Gasteiger partial charge on any atom is -0.370 e. The first-order valence-corrected chi connectivity index (χ1v) is 10.9. The number of primary amides is 1. The predicted molar refractivity (Wildman–Crippen MR) is 121 cm³/mol. The normalized spacial score (nSPS) is 14.5. The highest BCUT2D eigenvalue weighted by atomic mass is 19.1. The van der Waals surface area contributed by atoms with Crippen LogP contribution in [0.5, 0.6) is 0 Å². The molecule has 10 heteroatoms. The Morgan fingerprint density at radius 1 is 1.21 bits per heavy atom. The van der Waals surface area contributed by atoms with E-state index in [9.17, 15) is 14.0 Å². The van der Waals surface area contributed by atoms with Gasteiger partial charge >= 0.3 is 0 Å². The number of anilines is 1. The zero-order chi connectivity index (χ0) is 23.4. The number of aromatic nitrogens is 3. The molecule has 4 rings (SSSR count). The lowest BCUT2D eigenvalue weighted by Crippen LogP contribution is -2.47. The van der Waals surface area contributed by atoms with Gasteiger partial charge < -0.3 is 24.8 Å². The molecule has 2 amide bonds. The molecular weight excluding hydrogens is 427 g/mol. The molecule has 2 N–H and O–H groups in total. The lowest BCUT2D eigenvalue weighted by atomic mass is 10.0. The van der Waals surface area contributed by atoms with E-state index in [1.807, 2.05) is 27.8 Å². The number of carbonyl (C=O) groups excluding carboxylic acids is 2. The van der Waals surface area contributed by atoms with Crippen LogP contribution in [0, 0.1) is 5.82 Å². The van der Waals surface area contributed by atoms with Crippen LogP contribution in [0.1, 0.15) is 23.2 Å². The summed E-state index contributed by atoms with van der Waals surface area (Å²) >= 11 is 0. The number of piperidine rings is 1. The Bertz CT molecular complexity index is 1120. The molecule has 3 aromatic rings. The van der Waals surface area contributed by atoms with Gasteiger partial charge in [-0.2, -0.15) is 0 Å². The third-order valence-corrected chi connectivity index (χ3v) is 6.06. The van der Waals surface area contributed by atoms with Crippen LogP contribution in [0.25, 0.3) is 10.9 Å². The lowest BCUT2D eigenvalue weighted by Gasteiger charge is -2.36. The molecule has 2 aromatic heterocycles. The number of fused-ring (bicyclic) bond motifs is 1. The summed E-state index contributed by atoms with van der Waals surface area (Å²) in [5.74, 6) is -0.489. The summed E-state index contributed by atoms with van der Waals surface area (Å²) in [4.78, 5) is 35.8. The van der Waals surface area contributed by atoms with Crippen LogP contribution in [-0.2, 0) is 16.1 Å². The summed E-state index contributed by atoms with van der Waals surface area (Å²) in [5.41, 5.74) is 6.73. The first-order chi connectivity index (χ1) is 15.9. The lowest BCUT2D eigenvalue weighted by molar-refractivity contribution is -0.137. The first kappa shape index (κ1) is 22.7. The van der Waals surface area contributed by atoms with E-state index in [-0.39, 0.29) is 18.6 Å². The van der Waals surface area contributed by atoms with Crippen molar-refractivity contribution in [1.82, 2.24) is 19.4 Å². The summed E-state index contributed by atoms with van der Waals surface area (Å²) < 4.78 is 20.6. The van der Waals surface area contributed by atoms with E-state index >= 15 is 0 Å². The minimum atomic E-state index is -0.467. The average Bonchev–Trinajstić information content (AvgIpc) is 3.24. The first-order valence-electron chi connectivity index (χ1n) is 10.9. The molecular formula is C23H27FN6O3. The number of carbonyl (C=O) groups is 2. The third kappa shape index (κ3) is 5.28. The van der Waals surface area contributed by atoms with E-state index in [0.29, 0.717) is 37.8 Å². The second kappa shape index (κ2) is 9.95. The number of amides is 2. The summed E-state index contributed by atoms with van der Waals surface area (Å²) in [6, 6.07) is 7.40. The van der Waals surface area contributed by atoms with Crippen molar-refractivity contribution in [3.8, 4) is 0 Å². The van der Waals surface area contributed by atoms with Gasteiger partial charge in [0.2, 0.25) is 17.8 Å². The Labute approximate surface area is 190 Å². The number of likely N-dealkylation sites (N-methyl/N-ethyl adjacent to an activating group) is 1. The van der Waals surface area contributed by atoms with Gasteiger partial charge in [-0.05, 0) is 36.4 Å². The molecule has 3 heterocycles. The SMILES string of the molecule is CN(C(=O)COCCn1ccc2ccc(C(N)=O)cc21)C1CCN(c2ncc(F)cn2)CC1. The van der Waals surface area contributed by atoms with Crippen molar-refractivity contribution < 1.29 is 18.7 Å². The number of hydrogen-bond donors (Lipinski definition) is 1. The van der Waals surface area contributed by atoms with Gasteiger partial charge in [0.15, 0.2) is 5.82 Å². The molecule has 1 aliphatic rings. The number of ether oxygens (including phenoxy) is 1. The van der Waals surface area contributed by atoms with Crippen LogP contribution in [0.3, 0.4) is 0 Å². The average molecular weight is 455 g/mol. The number of benzene rings is 1. The predicted octanol–water partition coefficient (Wildman–Crippen LogP) is 1.81. The number of halogens is 1. The Hall–Kier alpha value is -3.53. The topological polar surface area (TPSA) is 107 Å². The number of nitrogens with zero attached hydrogens (tertiary/aromatic N) is 5. The molecule has 0 atom stereocenters. The molecule has 1 aromatic carbocycles. The Morgan fingerprint density at radius 2 is 1.94 bits per heavy atom. The third-order valence-electron chi connectivity index (χ3n) is 6.06. The molecule has 1 aliphatic heterocycles. The van der Waals surface area contributed by atoms with Gasteiger partial charge in [-0.25, -0.2) is 14.4 Å². The Kier molecular flexibility index (Phi) is 6.83. The van der Waals surface area contributed by atoms with E-state index in [2.05, 4.69) is 9.97 Å². The molecule has 0 spiro atoms. The number of nitrogens with two attached hydrogens (primary N) is 1. The smallest absolute Gasteiger partial charge is 0.248 e. The van der Waals surface area contributed by atoms with E-state index < -0.39 is 11.7 Å². The van der Waals surface area contributed by atoms with Crippen LogP contribution in [0.4, 0.5) is 10.3 Å². The zero-order valence-corrected chi connectivity index (χ0v) is 18.5. The standard InChI is InChI=1S/C23H27FN6O3/c1-28(19-5-8-30(9-6-19)23-26-13-18(24)14-27-23)21(31)15-33-11-10-29-7-4-16-2-3-17(22(25)32)12-20(16)29/h2-4,7,12-14,19H,5-6,8-11,15H2,1H3,(H2,25,32). The molecule has 0 saturated carbocycles. The molecule has 0 unspecified atom stereocenters. The van der Waals surface area contributed by atoms with Crippen molar-refractivity contribution in [2.24, 2.45) is 5.73 Å². The van der Waals surface area contributed by atoms with Crippen LogP contribution in [0.15, 0.2) is 42.9 Å². The van der Waals surface area contributed by atoms with E-state index in [0.717, 1.165) is 36.1 Å². The van der Waals surface area contributed by atoms with Crippen LogP contribution >= 0.6 is 0 Å². The summed E-state index contributed by atoms with van der Waals surface area (Å²) in [6.07, 6.45) is 5.80. The number of rotatable bonds is 8. The molecule has 1 saturated heterocycles. The molecule has 0 bridgehead atoms. The van der Waals surface area contributed by atoms with Crippen LogP contribution in [0.2, 0.25) is 0 Å². The Balaban J connectivity index is 1.22. The molecule has 0 aliphatic carbocycles. The molecule has 33 heavy (non-hydrogen) atoms. The largest absolute Gasteiger partial charge is 0.370 e. The highest BCUT2D eigenvalue weighted by molar-refractivity contribution is 5.97. The van der Waals surface area contributed by atoms with Crippen molar-refractivity contribution in [2.75, 3.05) is 38.3 Å². The maximum absolute atomic E-state index is 13.0. The van der Waals surface area contributed by atoms with Crippen molar-refractivity contribution in [2.45, 2.75) is 25.4 Å². The molecule has 1 fully saturated rings.